The Morgan fingerprint density at radius 1 is 1.50 bits per heavy atom. The van der Waals surface area contributed by atoms with Crippen LogP contribution in [-0.2, 0) is 0 Å². The average molecular weight is 179 g/mol. The summed E-state index contributed by atoms with van der Waals surface area (Å²) in [5.74, 6) is 0.280. The number of hydrogen-bond acceptors (Lipinski definition) is 3. The van der Waals surface area contributed by atoms with Gasteiger partial charge in [0.2, 0.25) is 0 Å². The number of fused-ring (bicyclic) bond motifs is 1. The van der Waals surface area contributed by atoms with Crippen LogP contribution in [0.4, 0.5) is 5.69 Å². The standard InChI is InChI=1S/C9H9NOS/c1-5-7(11)4-8-6(9(5)10)2-3-12-8/h2-4,11H,10H2,1H3. The Hall–Kier alpha value is -1.22. The molecular weight excluding hydrogens is 170 g/mol. The maximum atomic E-state index is 9.44. The van der Waals surface area contributed by atoms with Crippen molar-refractivity contribution in [1.82, 2.24) is 0 Å². The summed E-state index contributed by atoms with van der Waals surface area (Å²) in [4.78, 5) is 0. The van der Waals surface area contributed by atoms with Crippen LogP contribution in [0.1, 0.15) is 5.56 Å². The fourth-order valence-corrected chi connectivity index (χ4v) is 2.06. The lowest BCUT2D eigenvalue weighted by Gasteiger charge is -2.03. The van der Waals surface area contributed by atoms with Gasteiger partial charge >= 0.3 is 0 Å². The molecular formula is C9H9NOS. The summed E-state index contributed by atoms with van der Waals surface area (Å²) in [5, 5.41) is 12.5. The van der Waals surface area contributed by atoms with Crippen molar-refractivity contribution in [3.63, 3.8) is 0 Å². The van der Waals surface area contributed by atoms with Gasteiger partial charge in [-0.3, -0.25) is 0 Å². The fourth-order valence-electron chi connectivity index (χ4n) is 1.23. The van der Waals surface area contributed by atoms with Crippen molar-refractivity contribution in [1.29, 1.82) is 0 Å². The Balaban J connectivity index is 2.94. The Bertz CT molecular complexity index is 433. The van der Waals surface area contributed by atoms with Gasteiger partial charge in [0.1, 0.15) is 5.75 Å². The van der Waals surface area contributed by atoms with E-state index in [0.717, 1.165) is 15.6 Å². The first kappa shape index (κ1) is 7.43. The second kappa shape index (κ2) is 2.38. The van der Waals surface area contributed by atoms with Crippen molar-refractivity contribution < 1.29 is 5.11 Å². The van der Waals surface area contributed by atoms with Crippen LogP contribution in [-0.4, -0.2) is 5.11 Å². The van der Waals surface area contributed by atoms with E-state index in [9.17, 15) is 5.11 Å². The van der Waals surface area contributed by atoms with Crippen LogP contribution in [0.3, 0.4) is 0 Å². The van der Waals surface area contributed by atoms with Crippen molar-refractivity contribution in [3.05, 3.63) is 23.1 Å². The van der Waals surface area contributed by atoms with Gasteiger partial charge < -0.3 is 10.8 Å². The van der Waals surface area contributed by atoms with E-state index in [1.807, 2.05) is 18.4 Å². The van der Waals surface area contributed by atoms with Gasteiger partial charge in [0, 0.05) is 21.3 Å². The molecule has 0 atom stereocenters. The van der Waals surface area contributed by atoms with E-state index in [-0.39, 0.29) is 5.75 Å². The number of rotatable bonds is 0. The summed E-state index contributed by atoms with van der Waals surface area (Å²) >= 11 is 1.58. The van der Waals surface area contributed by atoms with E-state index >= 15 is 0 Å². The second-order valence-corrected chi connectivity index (χ2v) is 3.71. The smallest absolute Gasteiger partial charge is 0.121 e. The molecule has 2 nitrogen and oxygen atoms in total. The fraction of sp³-hybridized carbons (Fsp3) is 0.111. The third-order valence-electron chi connectivity index (χ3n) is 2.04. The third-order valence-corrected chi connectivity index (χ3v) is 2.91. The predicted molar refractivity (Wildman–Crippen MR) is 52.6 cm³/mol. The van der Waals surface area contributed by atoms with Crippen LogP contribution in [0.15, 0.2) is 17.5 Å². The molecule has 2 rings (SSSR count). The monoisotopic (exact) mass is 179 g/mol. The molecule has 0 saturated heterocycles. The molecule has 0 aliphatic heterocycles. The van der Waals surface area contributed by atoms with Gasteiger partial charge in [-0.05, 0) is 24.4 Å². The molecule has 2 aromatic rings. The van der Waals surface area contributed by atoms with Gasteiger partial charge in [0.15, 0.2) is 0 Å². The molecule has 62 valence electrons. The van der Waals surface area contributed by atoms with Gasteiger partial charge in [0.05, 0.1) is 0 Å². The summed E-state index contributed by atoms with van der Waals surface area (Å²) in [6.07, 6.45) is 0. The zero-order chi connectivity index (χ0) is 8.72. The van der Waals surface area contributed by atoms with Gasteiger partial charge in [0.25, 0.3) is 0 Å². The van der Waals surface area contributed by atoms with Crippen molar-refractivity contribution in [3.8, 4) is 5.75 Å². The Morgan fingerprint density at radius 3 is 3.00 bits per heavy atom. The number of phenolic OH excluding ortho intramolecular Hbond substituents is 1. The number of anilines is 1. The van der Waals surface area contributed by atoms with E-state index in [2.05, 4.69) is 0 Å². The van der Waals surface area contributed by atoms with Crippen LogP contribution in [0.5, 0.6) is 5.75 Å². The minimum atomic E-state index is 0.280. The number of aromatic hydroxyl groups is 1. The first-order chi connectivity index (χ1) is 5.70. The highest BCUT2D eigenvalue weighted by molar-refractivity contribution is 7.17. The van der Waals surface area contributed by atoms with Crippen LogP contribution in [0, 0.1) is 6.92 Å². The molecule has 3 N–H and O–H groups in total. The van der Waals surface area contributed by atoms with Crippen molar-refractivity contribution >= 4 is 27.1 Å². The maximum Gasteiger partial charge on any atom is 0.121 e. The molecule has 0 fully saturated rings. The highest BCUT2D eigenvalue weighted by atomic mass is 32.1. The molecule has 0 radical (unpaired) electrons. The quantitative estimate of drug-likeness (QED) is 0.610. The molecule has 1 heterocycles. The van der Waals surface area contributed by atoms with Crippen molar-refractivity contribution in [2.45, 2.75) is 6.92 Å². The van der Waals surface area contributed by atoms with Gasteiger partial charge in [-0.15, -0.1) is 11.3 Å². The van der Waals surface area contributed by atoms with E-state index in [1.165, 1.54) is 0 Å². The third kappa shape index (κ3) is 0.865. The normalized spacial score (nSPS) is 10.8. The zero-order valence-electron chi connectivity index (χ0n) is 6.66. The molecule has 12 heavy (non-hydrogen) atoms. The minimum Gasteiger partial charge on any atom is -0.508 e. The van der Waals surface area contributed by atoms with E-state index < -0.39 is 0 Å². The summed E-state index contributed by atoms with van der Waals surface area (Å²) in [5.41, 5.74) is 7.26. The van der Waals surface area contributed by atoms with Crippen molar-refractivity contribution in [2.24, 2.45) is 0 Å². The molecule has 3 heteroatoms. The Labute approximate surface area is 74.3 Å². The summed E-state index contributed by atoms with van der Waals surface area (Å²) < 4.78 is 1.04. The van der Waals surface area contributed by atoms with Gasteiger partial charge in [-0.1, -0.05) is 0 Å². The molecule has 1 aromatic carbocycles. The molecule has 1 aromatic heterocycles. The molecule has 0 unspecified atom stereocenters. The van der Waals surface area contributed by atoms with E-state index in [4.69, 9.17) is 5.73 Å². The van der Waals surface area contributed by atoms with E-state index in [0.29, 0.717) is 5.69 Å². The van der Waals surface area contributed by atoms with E-state index in [1.54, 1.807) is 17.4 Å². The van der Waals surface area contributed by atoms with Crippen LogP contribution in [0.25, 0.3) is 10.1 Å². The van der Waals surface area contributed by atoms with Crippen LogP contribution < -0.4 is 5.73 Å². The summed E-state index contributed by atoms with van der Waals surface area (Å²) in [6.45, 7) is 1.82. The second-order valence-electron chi connectivity index (χ2n) is 2.77. The summed E-state index contributed by atoms with van der Waals surface area (Å²) in [6, 6.07) is 3.73. The first-order valence-corrected chi connectivity index (χ1v) is 4.53. The highest BCUT2D eigenvalue weighted by Crippen LogP contribution is 2.34. The number of hydrogen-bond donors (Lipinski definition) is 2. The summed E-state index contributed by atoms with van der Waals surface area (Å²) in [7, 11) is 0. The average Bonchev–Trinajstić information content (AvgIpc) is 2.48. The lowest BCUT2D eigenvalue weighted by molar-refractivity contribution is 0.472. The number of phenols is 1. The Morgan fingerprint density at radius 2 is 2.25 bits per heavy atom. The lowest BCUT2D eigenvalue weighted by Crippen LogP contribution is -1.89. The molecule has 0 amide bonds. The topological polar surface area (TPSA) is 46.2 Å². The molecule has 0 bridgehead atoms. The Kier molecular flexibility index (Phi) is 1.48. The van der Waals surface area contributed by atoms with Crippen LogP contribution >= 0.6 is 11.3 Å². The predicted octanol–water partition coefficient (Wildman–Crippen LogP) is 2.50. The minimum absolute atomic E-state index is 0.280. The largest absolute Gasteiger partial charge is 0.508 e. The van der Waals surface area contributed by atoms with Gasteiger partial charge in [-0.2, -0.15) is 0 Å². The van der Waals surface area contributed by atoms with Gasteiger partial charge in [-0.25, -0.2) is 0 Å². The number of nitrogens with two attached hydrogens (primary N) is 1. The highest BCUT2D eigenvalue weighted by Gasteiger charge is 2.06. The number of benzene rings is 1. The maximum absolute atomic E-state index is 9.44. The zero-order valence-corrected chi connectivity index (χ0v) is 7.48. The molecule has 0 aliphatic rings. The molecule has 0 aliphatic carbocycles. The SMILES string of the molecule is Cc1c(O)cc2sccc2c1N. The number of thiophene rings is 1. The lowest BCUT2D eigenvalue weighted by atomic mass is 10.1. The first-order valence-electron chi connectivity index (χ1n) is 3.65. The van der Waals surface area contributed by atoms with Crippen LogP contribution in [0.2, 0.25) is 0 Å². The number of nitrogen functional groups attached to an aromatic ring is 1. The van der Waals surface area contributed by atoms with Crippen molar-refractivity contribution in [2.75, 3.05) is 5.73 Å². The molecule has 0 spiro atoms. The molecule has 0 saturated carbocycles.